The highest BCUT2D eigenvalue weighted by molar-refractivity contribution is 7.99. The molecule has 5 rings (SSSR count). The molecule has 6 heteroatoms. The molecule has 0 saturated heterocycles. The van der Waals surface area contributed by atoms with E-state index in [4.69, 9.17) is 0 Å². The quantitative estimate of drug-likeness (QED) is 0.274. The van der Waals surface area contributed by atoms with Crippen LogP contribution < -0.4 is 4.90 Å². The highest BCUT2D eigenvalue weighted by atomic mass is 32.2. The summed E-state index contributed by atoms with van der Waals surface area (Å²) in [7, 11) is 2.15. The van der Waals surface area contributed by atoms with Crippen LogP contribution in [-0.4, -0.2) is 17.0 Å². The van der Waals surface area contributed by atoms with Gasteiger partial charge in [-0.1, -0.05) is 61.4 Å². The minimum absolute atomic E-state index is 0. The Kier molecular flexibility index (Phi) is 7.49. The van der Waals surface area contributed by atoms with Crippen LogP contribution >= 0.6 is 34.4 Å². The van der Waals surface area contributed by atoms with E-state index in [9.17, 15) is 0 Å². The van der Waals surface area contributed by atoms with E-state index in [0.717, 1.165) is 19.7 Å². The molecule has 0 spiro atoms. The van der Waals surface area contributed by atoms with Crippen molar-refractivity contribution in [3.05, 3.63) is 57.5 Å². The number of thiazole rings is 2. The third-order valence-electron chi connectivity index (χ3n) is 4.36. The van der Waals surface area contributed by atoms with Crippen LogP contribution in [-0.2, 0) is 0 Å². The van der Waals surface area contributed by atoms with Gasteiger partial charge in [0.25, 0.3) is 0 Å². The SMILES string of the molecule is C.C.Cc1ccc2c(c1)N(C)c1cc(C)ccc1S2.Cc1nc2sc(C)nc2s1. The predicted molar refractivity (Wildman–Crippen MR) is 133 cm³/mol. The van der Waals surface area contributed by atoms with Gasteiger partial charge >= 0.3 is 0 Å². The first kappa shape index (κ1) is 23.4. The second kappa shape index (κ2) is 9.28. The lowest BCUT2D eigenvalue weighted by molar-refractivity contribution is 1.10. The fraction of sp³-hybridized carbons (Fsp3) is 0.304. The predicted octanol–water partition coefficient (Wildman–Crippen LogP) is 8.18. The van der Waals surface area contributed by atoms with E-state index in [0.29, 0.717) is 0 Å². The van der Waals surface area contributed by atoms with Gasteiger partial charge in [0.05, 0.1) is 21.4 Å². The third-order valence-corrected chi connectivity index (χ3v) is 7.35. The zero-order valence-corrected chi connectivity index (χ0v) is 18.5. The molecule has 0 unspecified atom stereocenters. The van der Waals surface area contributed by atoms with Gasteiger partial charge in [0.1, 0.15) is 0 Å². The van der Waals surface area contributed by atoms with E-state index < -0.39 is 0 Å². The second-order valence-electron chi connectivity index (χ2n) is 6.68. The van der Waals surface area contributed by atoms with Crippen molar-refractivity contribution in [2.24, 2.45) is 0 Å². The van der Waals surface area contributed by atoms with Gasteiger partial charge in [-0.15, -0.1) is 0 Å². The molecular weight excluding hydrogens is 414 g/mol. The lowest BCUT2D eigenvalue weighted by Crippen LogP contribution is -2.14. The van der Waals surface area contributed by atoms with Gasteiger partial charge in [-0.25, -0.2) is 9.97 Å². The molecule has 0 N–H and O–H groups in total. The molecule has 1 aliphatic rings. The van der Waals surface area contributed by atoms with E-state index >= 15 is 0 Å². The Morgan fingerprint density at radius 3 is 1.52 bits per heavy atom. The zero-order valence-electron chi connectivity index (χ0n) is 16.0. The van der Waals surface area contributed by atoms with Crippen LogP contribution in [0.2, 0.25) is 0 Å². The fourth-order valence-electron chi connectivity index (χ4n) is 3.04. The highest BCUT2D eigenvalue weighted by Gasteiger charge is 2.20. The molecule has 0 radical (unpaired) electrons. The van der Waals surface area contributed by atoms with Crippen LogP contribution in [0, 0.1) is 27.7 Å². The summed E-state index contributed by atoms with van der Waals surface area (Å²) in [5.41, 5.74) is 5.25. The average Bonchev–Trinajstić information content (AvgIpc) is 3.12. The maximum Gasteiger partial charge on any atom is 0.155 e. The molecule has 2 aromatic carbocycles. The van der Waals surface area contributed by atoms with Crippen LogP contribution in [0.5, 0.6) is 0 Å². The molecule has 3 nitrogen and oxygen atoms in total. The Balaban J connectivity index is 0.000000216. The summed E-state index contributed by atoms with van der Waals surface area (Å²) < 4.78 is 0. The molecule has 3 heterocycles. The first-order valence-corrected chi connectivity index (χ1v) is 11.2. The highest BCUT2D eigenvalue weighted by Crippen LogP contribution is 2.47. The van der Waals surface area contributed by atoms with Crippen molar-refractivity contribution in [1.82, 2.24) is 9.97 Å². The van der Waals surface area contributed by atoms with E-state index in [1.807, 2.05) is 25.6 Å². The van der Waals surface area contributed by atoms with Crippen molar-refractivity contribution in [3.8, 4) is 0 Å². The molecule has 154 valence electrons. The summed E-state index contributed by atoms with van der Waals surface area (Å²) in [5, 5.41) is 2.21. The van der Waals surface area contributed by atoms with Crippen LogP contribution in [0.3, 0.4) is 0 Å². The Hall–Kier alpha value is -1.89. The summed E-state index contributed by atoms with van der Waals surface area (Å²) in [5.74, 6) is 0. The lowest BCUT2D eigenvalue weighted by atomic mass is 10.1. The van der Waals surface area contributed by atoms with Gasteiger partial charge < -0.3 is 4.90 Å². The molecule has 0 fully saturated rings. The Morgan fingerprint density at radius 2 is 1.10 bits per heavy atom. The molecule has 0 bridgehead atoms. The number of anilines is 2. The third kappa shape index (κ3) is 4.82. The molecule has 0 saturated carbocycles. The molecular formula is C23H29N3S3. The number of aryl methyl sites for hydroxylation is 4. The Labute approximate surface area is 186 Å². The standard InChI is InChI=1S/C15H15NS.C6H6N2S2.2CH4/c1-10-4-6-14-12(8-10)16(3)13-9-11(2)5-7-15(13)17-14;1-3-7-5-6(9-3)8-4(2)10-5;;/h4-9H,1-3H3;1-2H3;2*1H4. The molecule has 4 aromatic rings. The first-order valence-electron chi connectivity index (χ1n) is 8.74. The lowest BCUT2D eigenvalue weighted by Gasteiger charge is -2.30. The molecule has 1 aliphatic heterocycles. The van der Waals surface area contributed by atoms with Gasteiger partial charge in [0.15, 0.2) is 9.66 Å². The Bertz CT molecular complexity index is 1010. The molecule has 0 atom stereocenters. The van der Waals surface area contributed by atoms with Crippen LogP contribution in [0.4, 0.5) is 11.4 Å². The molecule has 0 amide bonds. The average molecular weight is 444 g/mol. The summed E-state index contributed by atoms with van der Waals surface area (Å²) in [6, 6.07) is 13.3. The van der Waals surface area contributed by atoms with Gasteiger partial charge in [0.2, 0.25) is 0 Å². The monoisotopic (exact) mass is 443 g/mol. The topological polar surface area (TPSA) is 29.0 Å². The number of fused-ring (bicyclic) bond motifs is 3. The largest absolute Gasteiger partial charge is 0.343 e. The number of nitrogens with zero attached hydrogens (tertiary/aromatic N) is 3. The van der Waals surface area contributed by atoms with Gasteiger partial charge in [-0.2, -0.15) is 0 Å². The molecule has 2 aromatic heterocycles. The summed E-state index contributed by atoms with van der Waals surface area (Å²) >= 11 is 5.18. The number of aromatic nitrogens is 2. The Morgan fingerprint density at radius 1 is 0.690 bits per heavy atom. The molecule has 0 aliphatic carbocycles. The summed E-state index contributed by atoms with van der Waals surface area (Å²) in [6.07, 6.45) is 0. The second-order valence-corrected chi connectivity index (χ2v) is 10.1. The fourth-order valence-corrected chi connectivity index (χ4v) is 5.98. The van der Waals surface area contributed by atoms with Crippen molar-refractivity contribution in [2.45, 2.75) is 52.3 Å². The normalized spacial score (nSPS) is 11.6. The van der Waals surface area contributed by atoms with Crippen LogP contribution in [0.25, 0.3) is 9.66 Å². The van der Waals surface area contributed by atoms with E-state index in [2.05, 4.69) is 72.2 Å². The van der Waals surface area contributed by atoms with Crippen molar-refractivity contribution in [1.29, 1.82) is 0 Å². The molecule has 29 heavy (non-hydrogen) atoms. The first-order chi connectivity index (χ1) is 12.9. The van der Waals surface area contributed by atoms with Crippen molar-refractivity contribution < 1.29 is 0 Å². The zero-order chi connectivity index (χ0) is 19.1. The summed E-state index contributed by atoms with van der Waals surface area (Å²) in [4.78, 5) is 15.8. The van der Waals surface area contributed by atoms with Crippen molar-refractivity contribution >= 4 is 55.5 Å². The van der Waals surface area contributed by atoms with E-state index in [-0.39, 0.29) is 14.9 Å². The van der Waals surface area contributed by atoms with E-state index in [1.54, 1.807) is 22.7 Å². The van der Waals surface area contributed by atoms with Crippen LogP contribution in [0.15, 0.2) is 46.2 Å². The minimum Gasteiger partial charge on any atom is -0.343 e. The number of benzene rings is 2. The maximum absolute atomic E-state index is 4.31. The van der Waals surface area contributed by atoms with Gasteiger partial charge in [-0.05, 0) is 63.1 Å². The summed E-state index contributed by atoms with van der Waals surface area (Å²) in [6.45, 7) is 8.30. The van der Waals surface area contributed by atoms with Crippen molar-refractivity contribution in [2.75, 3.05) is 11.9 Å². The van der Waals surface area contributed by atoms with Crippen LogP contribution in [0.1, 0.15) is 36.0 Å². The minimum atomic E-state index is 0. The van der Waals surface area contributed by atoms with E-state index in [1.165, 1.54) is 32.3 Å². The maximum atomic E-state index is 4.31. The smallest absolute Gasteiger partial charge is 0.155 e. The number of hydrogen-bond acceptors (Lipinski definition) is 6. The number of rotatable bonds is 0. The van der Waals surface area contributed by atoms with Crippen molar-refractivity contribution in [3.63, 3.8) is 0 Å². The van der Waals surface area contributed by atoms with Gasteiger partial charge in [0, 0.05) is 16.8 Å². The van der Waals surface area contributed by atoms with Gasteiger partial charge in [-0.3, -0.25) is 0 Å². The number of hydrogen-bond donors (Lipinski definition) is 0.